The number of thiophene rings is 1. The van der Waals surface area contributed by atoms with E-state index in [1.54, 1.807) is 33.5 Å². The number of carbonyl (C=O) groups excluding carboxylic acids is 1. The van der Waals surface area contributed by atoms with Crippen molar-refractivity contribution in [3.05, 3.63) is 34.0 Å². The van der Waals surface area contributed by atoms with Gasteiger partial charge in [-0.1, -0.05) is 6.92 Å². The zero-order valence-electron chi connectivity index (χ0n) is 16.2. The van der Waals surface area contributed by atoms with Crippen molar-refractivity contribution in [2.24, 2.45) is 0 Å². The topological polar surface area (TPSA) is 60.0 Å². The van der Waals surface area contributed by atoms with Crippen LogP contribution in [-0.4, -0.2) is 45.2 Å². The molecule has 1 aliphatic rings. The van der Waals surface area contributed by atoms with Crippen molar-refractivity contribution in [1.82, 2.24) is 4.90 Å². The molecule has 0 aliphatic carbocycles. The van der Waals surface area contributed by atoms with Gasteiger partial charge in [0.2, 0.25) is 11.7 Å². The molecule has 1 aliphatic heterocycles. The Morgan fingerprint density at radius 2 is 1.93 bits per heavy atom. The Morgan fingerprint density at radius 1 is 1.22 bits per heavy atom. The van der Waals surface area contributed by atoms with Crippen LogP contribution in [0.1, 0.15) is 29.8 Å². The normalized spacial score (nSPS) is 16.5. The summed E-state index contributed by atoms with van der Waals surface area (Å²) >= 11 is 1.81. The van der Waals surface area contributed by atoms with E-state index in [1.165, 1.54) is 10.4 Å². The number of amides is 1. The molecular weight excluding hydrogens is 364 g/mol. The molecule has 1 aromatic carbocycles. The monoisotopic (exact) mass is 390 g/mol. The molecule has 3 rings (SSSR count). The maximum atomic E-state index is 12.7. The predicted molar refractivity (Wildman–Crippen MR) is 107 cm³/mol. The van der Waals surface area contributed by atoms with Gasteiger partial charge in [0.25, 0.3) is 0 Å². The van der Waals surface area contributed by atoms with Gasteiger partial charge in [0.1, 0.15) is 0 Å². The lowest BCUT2D eigenvalue weighted by atomic mass is 9.98. The van der Waals surface area contributed by atoms with Crippen molar-refractivity contribution in [3.8, 4) is 17.2 Å². The quantitative estimate of drug-likeness (QED) is 0.781. The van der Waals surface area contributed by atoms with Gasteiger partial charge in [0.05, 0.1) is 27.9 Å². The molecule has 1 N–H and O–H groups in total. The molecule has 0 saturated carbocycles. The van der Waals surface area contributed by atoms with E-state index in [-0.39, 0.29) is 5.91 Å². The van der Waals surface area contributed by atoms with Gasteiger partial charge in [-0.3, -0.25) is 9.69 Å². The summed E-state index contributed by atoms with van der Waals surface area (Å²) in [7, 11) is 4.67. The first-order valence-corrected chi connectivity index (χ1v) is 9.89. The molecule has 0 bridgehead atoms. The average Bonchev–Trinajstić information content (AvgIpc) is 3.15. The lowest BCUT2D eigenvalue weighted by Gasteiger charge is -2.34. The molecule has 1 amide bonds. The Hall–Kier alpha value is -2.25. The van der Waals surface area contributed by atoms with E-state index in [2.05, 4.69) is 28.6 Å². The maximum absolute atomic E-state index is 12.7. The van der Waals surface area contributed by atoms with Gasteiger partial charge in [-0.25, -0.2) is 0 Å². The van der Waals surface area contributed by atoms with Crippen LogP contribution in [0.15, 0.2) is 23.6 Å². The van der Waals surface area contributed by atoms with E-state index in [4.69, 9.17) is 14.2 Å². The predicted octanol–water partition coefficient (Wildman–Crippen LogP) is 3.72. The maximum Gasteiger partial charge on any atom is 0.238 e. The lowest BCUT2D eigenvalue weighted by Crippen LogP contribution is -2.40. The summed E-state index contributed by atoms with van der Waals surface area (Å²) in [6.45, 7) is 3.42. The van der Waals surface area contributed by atoms with Crippen molar-refractivity contribution < 1.29 is 19.0 Å². The van der Waals surface area contributed by atoms with E-state index in [1.807, 2.05) is 11.3 Å². The second kappa shape index (κ2) is 8.63. The first kappa shape index (κ1) is 19.5. The summed E-state index contributed by atoms with van der Waals surface area (Å²) in [6.07, 6.45) is 1.99. The minimum Gasteiger partial charge on any atom is -0.493 e. The smallest absolute Gasteiger partial charge is 0.238 e. The third-order valence-electron chi connectivity index (χ3n) is 4.89. The fraction of sp³-hybridized carbons (Fsp3) is 0.450. The zero-order chi connectivity index (χ0) is 19.4. The van der Waals surface area contributed by atoms with Crippen LogP contribution in [0.5, 0.6) is 17.2 Å². The number of nitrogens with zero attached hydrogens (tertiary/aromatic N) is 1. The van der Waals surface area contributed by atoms with Crippen molar-refractivity contribution in [1.29, 1.82) is 0 Å². The fourth-order valence-corrected chi connectivity index (χ4v) is 4.58. The highest BCUT2D eigenvalue weighted by molar-refractivity contribution is 7.10. The van der Waals surface area contributed by atoms with Crippen LogP contribution in [0.3, 0.4) is 0 Å². The number of anilines is 1. The van der Waals surface area contributed by atoms with Crippen LogP contribution in [-0.2, 0) is 11.2 Å². The second-order valence-corrected chi connectivity index (χ2v) is 7.41. The van der Waals surface area contributed by atoms with Gasteiger partial charge in [0, 0.05) is 35.3 Å². The van der Waals surface area contributed by atoms with Crippen LogP contribution in [0.2, 0.25) is 0 Å². The Morgan fingerprint density at radius 3 is 2.52 bits per heavy atom. The molecule has 27 heavy (non-hydrogen) atoms. The first-order chi connectivity index (χ1) is 13.1. The van der Waals surface area contributed by atoms with E-state index in [0.717, 1.165) is 19.4 Å². The highest BCUT2D eigenvalue weighted by Gasteiger charge is 2.28. The number of rotatable bonds is 7. The average molecular weight is 391 g/mol. The minimum atomic E-state index is -0.0543. The van der Waals surface area contributed by atoms with Crippen molar-refractivity contribution in [3.63, 3.8) is 0 Å². The van der Waals surface area contributed by atoms with Crippen molar-refractivity contribution >= 4 is 22.9 Å². The van der Waals surface area contributed by atoms with E-state index in [0.29, 0.717) is 35.5 Å². The molecule has 0 spiro atoms. The molecule has 6 nitrogen and oxygen atoms in total. The van der Waals surface area contributed by atoms with E-state index in [9.17, 15) is 4.79 Å². The standard InChI is InChI=1S/C20H26N2O4S/c1-5-15-14-7-9-27-18(14)6-8-22(15)12-19(23)21-13-10-16(24-2)20(26-4)17(11-13)25-3/h7,9-11,15H,5-6,8,12H2,1-4H3,(H,21,23)/t15-/m1/s1. The molecule has 0 unspecified atom stereocenters. The number of carbonyl (C=O) groups is 1. The number of ether oxygens (including phenoxy) is 3. The number of fused-ring (bicyclic) bond motifs is 1. The zero-order valence-corrected chi connectivity index (χ0v) is 17.0. The van der Waals surface area contributed by atoms with Gasteiger partial charge >= 0.3 is 0 Å². The molecule has 2 aromatic rings. The summed E-state index contributed by atoms with van der Waals surface area (Å²) in [5.41, 5.74) is 1.99. The summed E-state index contributed by atoms with van der Waals surface area (Å²) in [6, 6.07) is 5.97. The fourth-order valence-electron chi connectivity index (χ4n) is 3.65. The largest absolute Gasteiger partial charge is 0.493 e. The molecule has 0 fully saturated rings. The number of hydrogen-bond donors (Lipinski definition) is 1. The molecule has 7 heteroatoms. The van der Waals surface area contributed by atoms with Crippen LogP contribution in [0.4, 0.5) is 5.69 Å². The molecule has 146 valence electrons. The number of benzene rings is 1. The molecular formula is C20H26N2O4S. The summed E-state index contributed by atoms with van der Waals surface area (Å²) in [5, 5.41) is 5.10. The number of methoxy groups -OCH3 is 3. The Kier molecular flexibility index (Phi) is 6.23. The molecule has 1 atom stereocenters. The van der Waals surface area contributed by atoms with E-state index < -0.39 is 0 Å². The van der Waals surface area contributed by atoms with Crippen LogP contribution >= 0.6 is 11.3 Å². The van der Waals surface area contributed by atoms with Gasteiger partial charge in [-0.2, -0.15) is 0 Å². The van der Waals surface area contributed by atoms with Crippen molar-refractivity contribution in [2.75, 3.05) is 39.7 Å². The molecule has 0 radical (unpaired) electrons. The highest BCUT2D eigenvalue weighted by atomic mass is 32.1. The SMILES string of the molecule is CC[C@@H]1c2ccsc2CCN1CC(=O)Nc1cc(OC)c(OC)c(OC)c1. The molecule has 1 aromatic heterocycles. The second-order valence-electron chi connectivity index (χ2n) is 6.41. The van der Waals surface area contributed by atoms with Gasteiger partial charge < -0.3 is 19.5 Å². The summed E-state index contributed by atoms with van der Waals surface area (Å²) < 4.78 is 16.0. The van der Waals surface area contributed by atoms with Crippen LogP contribution in [0, 0.1) is 0 Å². The minimum absolute atomic E-state index is 0.0543. The number of nitrogens with one attached hydrogen (secondary N) is 1. The molecule has 2 heterocycles. The Labute approximate surface area is 164 Å². The Bertz CT molecular complexity index is 780. The lowest BCUT2D eigenvalue weighted by molar-refractivity contribution is -0.118. The molecule has 0 saturated heterocycles. The third kappa shape index (κ3) is 4.04. The summed E-state index contributed by atoms with van der Waals surface area (Å²) in [4.78, 5) is 16.4. The highest BCUT2D eigenvalue weighted by Crippen LogP contribution is 2.40. The van der Waals surface area contributed by atoms with Gasteiger partial charge in [0.15, 0.2) is 11.5 Å². The van der Waals surface area contributed by atoms with Gasteiger partial charge in [-0.15, -0.1) is 11.3 Å². The number of hydrogen-bond acceptors (Lipinski definition) is 6. The van der Waals surface area contributed by atoms with Crippen molar-refractivity contribution in [2.45, 2.75) is 25.8 Å². The van der Waals surface area contributed by atoms with Gasteiger partial charge in [-0.05, 0) is 29.9 Å². The van der Waals surface area contributed by atoms with E-state index >= 15 is 0 Å². The Balaban J connectivity index is 1.73. The third-order valence-corrected chi connectivity index (χ3v) is 5.88. The van der Waals surface area contributed by atoms with Crippen LogP contribution in [0.25, 0.3) is 0 Å². The summed E-state index contributed by atoms with van der Waals surface area (Å²) in [5.74, 6) is 1.48. The first-order valence-electron chi connectivity index (χ1n) is 9.01. The van der Waals surface area contributed by atoms with Crippen LogP contribution < -0.4 is 19.5 Å².